The minimum Gasteiger partial charge on any atom is -0.390 e. The Bertz CT molecular complexity index is 801. The van der Waals surface area contributed by atoms with Crippen molar-refractivity contribution >= 4 is 27.4 Å². The molecule has 3 rings (SSSR count). The third-order valence-electron chi connectivity index (χ3n) is 3.57. The van der Waals surface area contributed by atoms with Crippen LogP contribution in [0.25, 0.3) is 22.4 Å². The molecule has 0 radical (unpaired) electrons. The fraction of sp³-hybridized carbons (Fsp3) is 0.312. The van der Waals surface area contributed by atoms with E-state index >= 15 is 0 Å². The molecule has 0 unspecified atom stereocenters. The van der Waals surface area contributed by atoms with E-state index in [-0.39, 0.29) is 11.9 Å². The maximum atomic E-state index is 13.6. The van der Waals surface area contributed by atoms with Gasteiger partial charge in [0, 0.05) is 10.9 Å². The number of anilines is 1. The first-order chi connectivity index (χ1) is 10.0. The Morgan fingerprint density at radius 3 is 2.71 bits per heavy atom. The molecule has 110 valence electrons. The normalized spacial score (nSPS) is 11.7. The molecular formula is C16H18FN3S. The second kappa shape index (κ2) is 5.15. The van der Waals surface area contributed by atoms with Crippen molar-refractivity contribution < 1.29 is 4.39 Å². The van der Waals surface area contributed by atoms with E-state index in [2.05, 4.69) is 36.4 Å². The number of benzene rings is 1. The highest BCUT2D eigenvalue weighted by Crippen LogP contribution is 2.37. The number of fused-ring (bicyclic) bond motifs is 1. The molecule has 3 nitrogen and oxygen atoms in total. The van der Waals surface area contributed by atoms with Gasteiger partial charge in [0.15, 0.2) is 0 Å². The van der Waals surface area contributed by atoms with Crippen LogP contribution in [0.1, 0.15) is 31.7 Å². The van der Waals surface area contributed by atoms with E-state index in [1.807, 2.05) is 0 Å². The Balaban J connectivity index is 2.30. The minimum absolute atomic E-state index is 0.177. The molecule has 3 aromatic rings. The first kappa shape index (κ1) is 14.1. The highest BCUT2D eigenvalue weighted by Gasteiger charge is 2.19. The highest BCUT2D eigenvalue weighted by atomic mass is 32.1. The average molecular weight is 303 g/mol. The molecule has 0 fully saturated rings. The summed E-state index contributed by atoms with van der Waals surface area (Å²) < 4.78 is 15.6. The lowest BCUT2D eigenvalue weighted by Gasteiger charge is -2.12. The van der Waals surface area contributed by atoms with Crippen LogP contribution >= 0.6 is 11.3 Å². The van der Waals surface area contributed by atoms with Gasteiger partial charge in [0.05, 0.1) is 21.6 Å². The number of thiophene rings is 1. The third-order valence-corrected chi connectivity index (χ3v) is 4.68. The van der Waals surface area contributed by atoms with Crippen molar-refractivity contribution in [1.82, 2.24) is 9.55 Å². The van der Waals surface area contributed by atoms with E-state index in [1.165, 1.54) is 17.0 Å². The lowest BCUT2D eigenvalue weighted by atomic mass is 10.2. The van der Waals surface area contributed by atoms with Gasteiger partial charge in [0.1, 0.15) is 11.6 Å². The standard InChI is InChI=1S/C16H18FN3S/c1-4-11-8-12(15(18)21-11)16-19-13-6-5-10(17)7-14(13)20(16)9(2)3/h5-9H,4,18H2,1-3H3. The number of aryl methyl sites for hydroxylation is 1. The summed E-state index contributed by atoms with van der Waals surface area (Å²) >= 11 is 1.59. The molecule has 0 aliphatic rings. The van der Waals surface area contributed by atoms with E-state index in [1.54, 1.807) is 17.4 Å². The molecule has 21 heavy (non-hydrogen) atoms. The summed E-state index contributed by atoms with van der Waals surface area (Å²) in [6, 6.07) is 6.97. The van der Waals surface area contributed by atoms with Gasteiger partial charge in [-0.15, -0.1) is 11.3 Å². The van der Waals surface area contributed by atoms with Crippen LogP contribution in [0.15, 0.2) is 24.3 Å². The van der Waals surface area contributed by atoms with Gasteiger partial charge in [-0.25, -0.2) is 9.37 Å². The number of nitrogen functional groups attached to an aromatic ring is 1. The highest BCUT2D eigenvalue weighted by molar-refractivity contribution is 7.16. The monoisotopic (exact) mass is 303 g/mol. The average Bonchev–Trinajstić information content (AvgIpc) is 2.98. The van der Waals surface area contributed by atoms with Crippen molar-refractivity contribution in [2.45, 2.75) is 33.2 Å². The maximum Gasteiger partial charge on any atom is 0.144 e. The minimum atomic E-state index is -0.247. The Kier molecular flexibility index (Phi) is 3.45. The zero-order chi connectivity index (χ0) is 15.1. The van der Waals surface area contributed by atoms with Crippen molar-refractivity contribution in [3.05, 3.63) is 35.0 Å². The number of rotatable bonds is 3. The summed E-state index contributed by atoms with van der Waals surface area (Å²) in [5, 5.41) is 0.768. The molecule has 0 bridgehead atoms. The molecule has 0 saturated carbocycles. The fourth-order valence-electron chi connectivity index (χ4n) is 2.59. The molecule has 0 aliphatic carbocycles. The zero-order valence-electron chi connectivity index (χ0n) is 12.4. The predicted octanol–water partition coefficient (Wildman–Crippen LogP) is 4.63. The molecular weight excluding hydrogens is 285 g/mol. The maximum absolute atomic E-state index is 13.6. The molecule has 2 N–H and O–H groups in total. The molecule has 0 spiro atoms. The van der Waals surface area contributed by atoms with Gasteiger partial charge in [-0.2, -0.15) is 0 Å². The van der Waals surface area contributed by atoms with Crippen LogP contribution in [0.5, 0.6) is 0 Å². The molecule has 0 saturated heterocycles. The van der Waals surface area contributed by atoms with Crippen LogP contribution in [-0.4, -0.2) is 9.55 Å². The summed E-state index contributed by atoms with van der Waals surface area (Å²) in [4.78, 5) is 5.91. The Hall–Kier alpha value is -1.88. The number of hydrogen-bond donors (Lipinski definition) is 1. The van der Waals surface area contributed by atoms with Crippen LogP contribution < -0.4 is 5.73 Å². The summed E-state index contributed by atoms with van der Waals surface area (Å²) in [7, 11) is 0. The largest absolute Gasteiger partial charge is 0.390 e. The first-order valence-electron chi connectivity index (χ1n) is 7.07. The van der Waals surface area contributed by atoms with Gasteiger partial charge in [-0.05, 0) is 44.5 Å². The summed E-state index contributed by atoms with van der Waals surface area (Å²) in [6.07, 6.45) is 0.950. The van der Waals surface area contributed by atoms with Gasteiger partial charge in [-0.3, -0.25) is 0 Å². The van der Waals surface area contributed by atoms with Crippen molar-refractivity contribution in [3.63, 3.8) is 0 Å². The summed E-state index contributed by atoms with van der Waals surface area (Å²) in [5.41, 5.74) is 8.71. The molecule has 0 aliphatic heterocycles. The van der Waals surface area contributed by atoms with Crippen LogP contribution in [0, 0.1) is 5.82 Å². The molecule has 0 atom stereocenters. The van der Waals surface area contributed by atoms with E-state index in [9.17, 15) is 4.39 Å². The SMILES string of the molecule is CCc1cc(-c2nc3ccc(F)cc3n2C(C)C)c(N)s1. The van der Waals surface area contributed by atoms with E-state index in [4.69, 9.17) is 5.73 Å². The number of halogens is 1. The predicted molar refractivity (Wildman–Crippen MR) is 87.2 cm³/mol. The van der Waals surface area contributed by atoms with Crippen LogP contribution in [0.4, 0.5) is 9.39 Å². The topological polar surface area (TPSA) is 43.8 Å². The van der Waals surface area contributed by atoms with Gasteiger partial charge < -0.3 is 10.3 Å². The Morgan fingerprint density at radius 1 is 1.33 bits per heavy atom. The molecule has 0 amide bonds. The van der Waals surface area contributed by atoms with Crippen LogP contribution in [0.3, 0.4) is 0 Å². The Morgan fingerprint density at radius 2 is 2.10 bits per heavy atom. The second-order valence-electron chi connectivity index (χ2n) is 5.38. The van der Waals surface area contributed by atoms with Gasteiger partial charge >= 0.3 is 0 Å². The van der Waals surface area contributed by atoms with Crippen molar-refractivity contribution in [2.75, 3.05) is 5.73 Å². The number of hydrogen-bond acceptors (Lipinski definition) is 3. The van der Waals surface area contributed by atoms with Crippen molar-refractivity contribution in [2.24, 2.45) is 0 Å². The summed E-state index contributed by atoms with van der Waals surface area (Å²) in [6.45, 7) is 6.24. The molecule has 2 aromatic heterocycles. The molecule has 2 heterocycles. The van der Waals surface area contributed by atoms with Crippen molar-refractivity contribution in [3.8, 4) is 11.4 Å². The second-order valence-corrected chi connectivity index (χ2v) is 6.54. The van der Waals surface area contributed by atoms with E-state index in [0.29, 0.717) is 0 Å². The lowest BCUT2D eigenvalue weighted by molar-refractivity contribution is 0.613. The molecule has 1 aromatic carbocycles. The molecule has 5 heteroatoms. The number of nitrogens with two attached hydrogens (primary N) is 1. The van der Waals surface area contributed by atoms with Gasteiger partial charge in [0.25, 0.3) is 0 Å². The van der Waals surface area contributed by atoms with Crippen LogP contribution in [0.2, 0.25) is 0 Å². The first-order valence-corrected chi connectivity index (χ1v) is 7.89. The quantitative estimate of drug-likeness (QED) is 0.766. The van der Waals surface area contributed by atoms with Gasteiger partial charge in [0.2, 0.25) is 0 Å². The Labute approximate surface area is 127 Å². The zero-order valence-corrected chi connectivity index (χ0v) is 13.2. The van der Waals surface area contributed by atoms with Gasteiger partial charge in [-0.1, -0.05) is 6.92 Å². The number of imidazole rings is 1. The lowest BCUT2D eigenvalue weighted by Crippen LogP contribution is -2.03. The van der Waals surface area contributed by atoms with E-state index < -0.39 is 0 Å². The summed E-state index contributed by atoms with van der Waals surface area (Å²) in [5.74, 6) is 0.572. The fourth-order valence-corrected chi connectivity index (χ4v) is 3.45. The number of aromatic nitrogens is 2. The van der Waals surface area contributed by atoms with Crippen molar-refractivity contribution in [1.29, 1.82) is 0 Å². The van der Waals surface area contributed by atoms with Crippen LogP contribution in [-0.2, 0) is 6.42 Å². The third kappa shape index (κ3) is 2.31. The van der Waals surface area contributed by atoms with E-state index in [0.717, 1.165) is 33.8 Å². The smallest absolute Gasteiger partial charge is 0.144 e. The number of nitrogens with zero attached hydrogens (tertiary/aromatic N) is 2.